The SMILES string of the molecule is CNC(=O)[C@@H](C)N(Cc1ccc(Br)cc1)C(=O)CCCN(c1cccc(C(F)(F)F)c1)S(C)(=O)=O. The highest BCUT2D eigenvalue weighted by Gasteiger charge is 2.32. The number of carbonyl (C=O) groups is 2. The highest BCUT2D eigenvalue weighted by molar-refractivity contribution is 9.10. The molecule has 0 spiro atoms. The third-order valence-electron chi connectivity index (χ3n) is 5.29. The molecule has 35 heavy (non-hydrogen) atoms. The molecule has 12 heteroatoms. The van der Waals surface area contributed by atoms with Gasteiger partial charge in [-0.25, -0.2) is 8.42 Å². The second-order valence-corrected chi connectivity index (χ2v) is 10.7. The maximum atomic E-state index is 13.1. The van der Waals surface area contributed by atoms with Crippen molar-refractivity contribution in [2.45, 2.75) is 38.5 Å². The molecule has 0 aliphatic heterocycles. The number of amides is 2. The van der Waals surface area contributed by atoms with Crippen LogP contribution in [-0.2, 0) is 32.3 Å². The summed E-state index contributed by atoms with van der Waals surface area (Å²) in [6, 6.07) is 10.5. The minimum Gasteiger partial charge on any atom is -0.357 e. The lowest BCUT2D eigenvalue weighted by Gasteiger charge is -2.29. The summed E-state index contributed by atoms with van der Waals surface area (Å²) in [5, 5.41) is 2.51. The number of halogens is 4. The maximum Gasteiger partial charge on any atom is 0.416 e. The van der Waals surface area contributed by atoms with Gasteiger partial charge in [0.05, 0.1) is 17.5 Å². The molecule has 0 saturated heterocycles. The number of hydrogen-bond acceptors (Lipinski definition) is 4. The Bertz CT molecular complexity index is 1140. The van der Waals surface area contributed by atoms with Crippen molar-refractivity contribution in [3.05, 3.63) is 64.1 Å². The Morgan fingerprint density at radius 3 is 2.29 bits per heavy atom. The van der Waals surface area contributed by atoms with E-state index in [2.05, 4.69) is 21.2 Å². The lowest BCUT2D eigenvalue weighted by molar-refractivity contribution is -0.140. The van der Waals surface area contributed by atoms with Crippen LogP contribution in [-0.4, -0.2) is 51.0 Å². The van der Waals surface area contributed by atoms with E-state index in [1.54, 1.807) is 19.1 Å². The van der Waals surface area contributed by atoms with E-state index in [9.17, 15) is 31.2 Å². The average molecular weight is 578 g/mol. The van der Waals surface area contributed by atoms with Crippen molar-refractivity contribution in [3.63, 3.8) is 0 Å². The first-order chi connectivity index (χ1) is 16.2. The lowest BCUT2D eigenvalue weighted by atomic mass is 10.1. The quantitative estimate of drug-likeness (QED) is 0.459. The summed E-state index contributed by atoms with van der Waals surface area (Å²) >= 11 is 3.34. The molecular weight excluding hydrogens is 551 g/mol. The Kier molecular flexibility index (Phi) is 9.73. The van der Waals surface area contributed by atoms with Gasteiger partial charge in [-0.15, -0.1) is 0 Å². The average Bonchev–Trinajstić information content (AvgIpc) is 2.79. The fourth-order valence-electron chi connectivity index (χ4n) is 3.42. The molecule has 0 aliphatic rings. The molecule has 2 aromatic rings. The Hall–Kier alpha value is -2.60. The van der Waals surface area contributed by atoms with Crippen LogP contribution in [0.2, 0.25) is 0 Å². The number of rotatable bonds is 10. The molecule has 2 amide bonds. The molecule has 1 N–H and O–H groups in total. The van der Waals surface area contributed by atoms with Crippen molar-refractivity contribution in [1.82, 2.24) is 10.2 Å². The zero-order valence-electron chi connectivity index (χ0n) is 19.5. The Morgan fingerprint density at radius 1 is 1.11 bits per heavy atom. The van der Waals surface area contributed by atoms with E-state index in [4.69, 9.17) is 0 Å². The van der Waals surface area contributed by atoms with E-state index < -0.39 is 27.8 Å². The molecule has 0 saturated carbocycles. The highest BCUT2D eigenvalue weighted by atomic mass is 79.9. The van der Waals surface area contributed by atoms with Gasteiger partial charge < -0.3 is 10.2 Å². The second kappa shape index (κ2) is 11.9. The predicted octanol–water partition coefficient (Wildman–Crippen LogP) is 4.18. The summed E-state index contributed by atoms with van der Waals surface area (Å²) in [5.74, 6) is -0.751. The van der Waals surface area contributed by atoms with Crippen LogP contribution < -0.4 is 9.62 Å². The van der Waals surface area contributed by atoms with E-state index in [1.807, 2.05) is 12.1 Å². The van der Waals surface area contributed by atoms with Crippen LogP contribution in [0.15, 0.2) is 53.0 Å². The number of likely N-dealkylation sites (N-methyl/N-ethyl adjacent to an activating group) is 1. The second-order valence-electron chi connectivity index (χ2n) is 7.93. The molecule has 192 valence electrons. The van der Waals surface area contributed by atoms with E-state index in [0.29, 0.717) is 0 Å². The number of sulfonamides is 1. The van der Waals surface area contributed by atoms with Crippen molar-refractivity contribution in [2.24, 2.45) is 0 Å². The van der Waals surface area contributed by atoms with Gasteiger partial charge in [-0.1, -0.05) is 34.1 Å². The van der Waals surface area contributed by atoms with E-state index in [-0.39, 0.29) is 43.4 Å². The first kappa shape index (κ1) is 28.6. The Labute approximate surface area is 211 Å². The molecule has 0 aromatic heterocycles. The van der Waals surface area contributed by atoms with Crippen LogP contribution >= 0.6 is 15.9 Å². The van der Waals surface area contributed by atoms with Gasteiger partial charge in [0.25, 0.3) is 0 Å². The summed E-state index contributed by atoms with van der Waals surface area (Å²) in [6.07, 6.45) is -3.80. The monoisotopic (exact) mass is 577 g/mol. The number of carbonyl (C=O) groups excluding carboxylic acids is 2. The number of nitrogens with zero attached hydrogens (tertiary/aromatic N) is 2. The third kappa shape index (κ3) is 8.24. The van der Waals surface area contributed by atoms with Crippen LogP contribution in [0.25, 0.3) is 0 Å². The van der Waals surface area contributed by atoms with Crippen molar-refractivity contribution in [2.75, 3.05) is 24.2 Å². The topological polar surface area (TPSA) is 86.8 Å². The Balaban J connectivity index is 2.18. The van der Waals surface area contributed by atoms with Crippen LogP contribution in [0, 0.1) is 0 Å². The van der Waals surface area contributed by atoms with Gasteiger partial charge in [-0.2, -0.15) is 13.2 Å². The lowest BCUT2D eigenvalue weighted by Crippen LogP contribution is -2.46. The number of nitrogens with one attached hydrogen (secondary N) is 1. The van der Waals surface area contributed by atoms with Gasteiger partial charge in [0, 0.05) is 31.0 Å². The first-order valence-electron chi connectivity index (χ1n) is 10.6. The fourth-order valence-corrected chi connectivity index (χ4v) is 4.64. The molecule has 0 aliphatic carbocycles. The fraction of sp³-hybridized carbons (Fsp3) is 0.391. The predicted molar refractivity (Wildman–Crippen MR) is 131 cm³/mol. The van der Waals surface area contributed by atoms with Gasteiger partial charge in [-0.3, -0.25) is 13.9 Å². The van der Waals surface area contributed by atoms with Gasteiger partial charge >= 0.3 is 6.18 Å². The van der Waals surface area contributed by atoms with Crippen molar-refractivity contribution < 1.29 is 31.2 Å². The smallest absolute Gasteiger partial charge is 0.357 e. The molecule has 2 rings (SSSR count). The summed E-state index contributed by atoms with van der Waals surface area (Å²) in [7, 11) is -2.45. The van der Waals surface area contributed by atoms with E-state index in [0.717, 1.165) is 38.8 Å². The number of benzene rings is 2. The molecule has 0 fully saturated rings. The van der Waals surface area contributed by atoms with Gasteiger partial charge in [0.15, 0.2) is 0 Å². The van der Waals surface area contributed by atoms with Crippen LogP contribution in [0.1, 0.15) is 30.9 Å². The summed E-state index contributed by atoms with van der Waals surface area (Å²) in [5.41, 5.74) is -0.320. The van der Waals surface area contributed by atoms with Crippen molar-refractivity contribution in [3.8, 4) is 0 Å². The molecule has 2 aromatic carbocycles. The van der Waals surface area contributed by atoms with Gasteiger partial charge in [0.2, 0.25) is 21.8 Å². The van der Waals surface area contributed by atoms with Gasteiger partial charge in [0.1, 0.15) is 6.04 Å². The molecular formula is C23H27BrF3N3O4S. The molecule has 0 bridgehead atoms. The molecule has 0 heterocycles. The molecule has 0 unspecified atom stereocenters. The third-order valence-corrected chi connectivity index (χ3v) is 7.02. The first-order valence-corrected chi connectivity index (χ1v) is 13.3. The van der Waals surface area contributed by atoms with Crippen LogP contribution in [0.3, 0.4) is 0 Å². The van der Waals surface area contributed by atoms with Crippen molar-refractivity contribution in [1.29, 1.82) is 0 Å². The maximum absolute atomic E-state index is 13.1. The number of hydrogen-bond donors (Lipinski definition) is 1. The summed E-state index contributed by atoms with van der Waals surface area (Å²) in [6.45, 7) is 1.54. The minimum atomic E-state index is -4.63. The summed E-state index contributed by atoms with van der Waals surface area (Å²) < 4.78 is 65.6. The molecule has 7 nitrogen and oxygen atoms in total. The number of alkyl halides is 3. The zero-order chi connectivity index (χ0) is 26.4. The van der Waals surface area contributed by atoms with Crippen LogP contribution in [0.5, 0.6) is 0 Å². The standard InChI is InChI=1S/C23H27BrF3N3O4S/c1-16(22(32)28-2)29(15-17-9-11-19(24)12-10-17)21(31)8-5-13-30(35(3,33)34)20-7-4-6-18(14-20)23(25,26)27/h4,6-7,9-12,14,16H,5,8,13,15H2,1-3H3,(H,28,32)/t16-/m1/s1. The van der Waals surface area contributed by atoms with E-state index >= 15 is 0 Å². The van der Waals surface area contributed by atoms with E-state index in [1.165, 1.54) is 18.0 Å². The Morgan fingerprint density at radius 2 is 1.74 bits per heavy atom. The molecule has 1 atom stereocenters. The zero-order valence-corrected chi connectivity index (χ0v) is 21.9. The van der Waals surface area contributed by atoms with Crippen molar-refractivity contribution >= 4 is 43.5 Å². The van der Waals surface area contributed by atoms with Gasteiger partial charge in [-0.05, 0) is 49.2 Å². The normalized spacial score (nSPS) is 12.7. The van der Waals surface area contributed by atoms with Crippen LogP contribution in [0.4, 0.5) is 18.9 Å². The largest absolute Gasteiger partial charge is 0.416 e. The number of anilines is 1. The summed E-state index contributed by atoms with van der Waals surface area (Å²) in [4.78, 5) is 26.7. The minimum absolute atomic E-state index is 0.0411. The highest BCUT2D eigenvalue weighted by Crippen LogP contribution is 2.32. The molecule has 0 radical (unpaired) electrons.